The minimum Gasteiger partial charge on any atom is -0.496 e. The second-order valence-electron chi connectivity index (χ2n) is 7.05. The average molecular weight is 412 g/mol. The Morgan fingerprint density at radius 3 is 2.52 bits per heavy atom. The van der Waals surface area contributed by atoms with Crippen molar-refractivity contribution in [3.05, 3.63) is 47.0 Å². The molecule has 0 N–H and O–H groups in total. The molecular weight excluding hydrogens is 382 g/mol. The molecule has 29 heavy (non-hydrogen) atoms. The van der Waals surface area contributed by atoms with E-state index in [1.807, 2.05) is 38.2 Å². The van der Waals surface area contributed by atoms with Gasteiger partial charge in [0.1, 0.15) is 15.6 Å². The summed E-state index contributed by atoms with van der Waals surface area (Å²) in [5, 5.41) is 3.02. The fraction of sp³-hybridized carbons (Fsp3) is 0.391. The predicted molar refractivity (Wildman–Crippen MR) is 121 cm³/mol. The van der Waals surface area contributed by atoms with Gasteiger partial charge in [0.25, 0.3) is 5.91 Å². The molecule has 1 aromatic heterocycles. The molecule has 1 amide bonds. The summed E-state index contributed by atoms with van der Waals surface area (Å²) in [4.78, 5) is 22.6. The highest BCUT2D eigenvalue weighted by Gasteiger charge is 2.22. The summed E-state index contributed by atoms with van der Waals surface area (Å²) in [6.07, 6.45) is 0. The summed E-state index contributed by atoms with van der Waals surface area (Å²) in [7, 11) is 3.53. The number of carbonyl (C=O) groups is 1. The van der Waals surface area contributed by atoms with Gasteiger partial charge in [-0.1, -0.05) is 44.2 Å². The molecule has 3 rings (SSSR count). The molecule has 1 heterocycles. The van der Waals surface area contributed by atoms with Crippen molar-refractivity contribution in [3.63, 3.8) is 0 Å². The maximum absolute atomic E-state index is 13.1. The SMILES string of the molecule is CCN(CC)CCN(C)C(=O)c1sc(-c2c(OC)ccc3ccccc23)nc1C. The van der Waals surface area contributed by atoms with Crippen molar-refractivity contribution in [2.45, 2.75) is 20.8 Å². The van der Waals surface area contributed by atoms with Crippen LogP contribution in [0.25, 0.3) is 21.3 Å². The lowest BCUT2D eigenvalue weighted by Gasteiger charge is -2.22. The van der Waals surface area contributed by atoms with E-state index in [2.05, 4.69) is 30.9 Å². The maximum atomic E-state index is 13.1. The van der Waals surface area contributed by atoms with Crippen LogP contribution in [-0.2, 0) is 0 Å². The molecule has 0 saturated heterocycles. The number of fused-ring (bicyclic) bond motifs is 1. The second-order valence-corrected chi connectivity index (χ2v) is 8.05. The predicted octanol–water partition coefficient (Wildman–Crippen LogP) is 4.69. The highest BCUT2D eigenvalue weighted by atomic mass is 32.1. The molecule has 0 aliphatic carbocycles. The molecule has 3 aromatic rings. The Balaban J connectivity index is 1.93. The Labute approximate surface area is 176 Å². The third-order valence-electron chi connectivity index (χ3n) is 5.31. The number of benzene rings is 2. The lowest BCUT2D eigenvalue weighted by Crippen LogP contribution is -2.36. The van der Waals surface area contributed by atoms with E-state index in [9.17, 15) is 4.79 Å². The summed E-state index contributed by atoms with van der Waals surface area (Å²) in [6, 6.07) is 12.2. The fourth-order valence-electron chi connectivity index (χ4n) is 3.45. The maximum Gasteiger partial charge on any atom is 0.265 e. The second kappa shape index (κ2) is 9.37. The van der Waals surface area contributed by atoms with E-state index in [1.165, 1.54) is 11.3 Å². The fourth-order valence-corrected chi connectivity index (χ4v) is 4.58. The number of rotatable bonds is 8. The third kappa shape index (κ3) is 4.43. The summed E-state index contributed by atoms with van der Waals surface area (Å²) >= 11 is 1.44. The zero-order valence-electron chi connectivity index (χ0n) is 17.9. The molecule has 0 bridgehead atoms. The van der Waals surface area contributed by atoms with Gasteiger partial charge >= 0.3 is 0 Å². The third-order valence-corrected chi connectivity index (χ3v) is 6.47. The standard InChI is InChI=1S/C23H29N3O2S/c1-6-26(7-2)15-14-25(4)23(27)21-16(3)24-22(29-21)20-18-11-9-8-10-17(18)12-13-19(20)28-5/h8-13H,6-7,14-15H2,1-5H3. The number of ether oxygens (including phenoxy) is 1. The van der Waals surface area contributed by atoms with E-state index in [4.69, 9.17) is 9.72 Å². The quantitative estimate of drug-likeness (QED) is 0.539. The number of hydrogen-bond acceptors (Lipinski definition) is 5. The largest absolute Gasteiger partial charge is 0.496 e. The van der Waals surface area contributed by atoms with Gasteiger partial charge in [-0.15, -0.1) is 11.3 Å². The van der Waals surface area contributed by atoms with Gasteiger partial charge in [0.15, 0.2) is 0 Å². The normalized spacial score (nSPS) is 11.2. The first-order valence-corrected chi connectivity index (χ1v) is 10.8. The van der Waals surface area contributed by atoms with E-state index in [1.54, 1.807) is 12.0 Å². The van der Waals surface area contributed by atoms with Crippen LogP contribution in [0.1, 0.15) is 29.2 Å². The van der Waals surface area contributed by atoms with Gasteiger partial charge in [-0.25, -0.2) is 4.98 Å². The molecular formula is C23H29N3O2S. The number of likely N-dealkylation sites (N-methyl/N-ethyl adjacent to an activating group) is 2. The Morgan fingerprint density at radius 1 is 1.10 bits per heavy atom. The number of aromatic nitrogens is 1. The first-order chi connectivity index (χ1) is 14.0. The number of methoxy groups -OCH3 is 1. The molecule has 0 fully saturated rings. The number of thiazole rings is 1. The summed E-state index contributed by atoms with van der Waals surface area (Å²) in [5.41, 5.74) is 1.71. The number of carbonyl (C=O) groups excluding carboxylic acids is 1. The van der Waals surface area contributed by atoms with Crippen LogP contribution in [0.15, 0.2) is 36.4 Å². The van der Waals surface area contributed by atoms with Crippen LogP contribution in [0.3, 0.4) is 0 Å². The van der Waals surface area contributed by atoms with Crippen molar-refractivity contribution >= 4 is 28.0 Å². The van der Waals surface area contributed by atoms with Crippen molar-refractivity contribution in [1.29, 1.82) is 0 Å². The number of hydrogen-bond donors (Lipinski definition) is 0. The molecule has 0 unspecified atom stereocenters. The molecule has 0 saturated carbocycles. The lowest BCUT2D eigenvalue weighted by molar-refractivity contribution is 0.0783. The van der Waals surface area contributed by atoms with Gasteiger partial charge in [-0.2, -0.15) is 0 Å². The van der Waals surface area contributed by atoms with Gasteiger partial charge in [0.05, 0.1) is 18.4 Å². The van der Waals surface area contributed by atoms with E-state index < -0.39 is 0 Å². The Kier molecular flexibility index (Phi) is 6.87. The van der Waals surface area contributed by atoms with E-state index in [-0.39, 0.29) is 5.91 Å². The van der Waals surface area contributed by atoms with Crippen LogP contribution in [0.4, 0.5) is 0 Å². The number of amides is 1. The Hall–Kier alpha value is -2.44. The topological polar surface area (TPSA) is 45.7 Å². The first kappa shape index (κ1) is 21.3. The van der Waals surface area contributed by atoms with Crippen LogP contribution in [-0.4, -0.2) is 61.0 Å². The van der Waals surface area contributed by atoms with Gasteiger partial charge < -0.3 is 14.5 Å². The van der Waals surface area contributed by atoms with Crippen molar-refractivity contribution in [3.8, 4) is 16.3 Å². The molecule has 0 aliphatic rings. The molecule has 0 aliphatic heterocycles. The summed E-state index contributed by atoms with van der Waals surface area (Å²) in [5.74, 6) is 0.795. The molecule has 154 valence electrons. The molecule has 2 aromatic carbocycles. The van der Waals surface area contributed by atoms with Crippen LogP contribution < -0.4 is 4.74 Å². The van der Waals surface area contributed by atoms with Gasteiger partial charge in [-0.3, -0.25) is 4.79 Å². The van der Waals surface area contributed by atoms with E-state index >= 15 is 0 Å². The van der Waals surface area contributed by atoms with Crippen molar-refractivity contribution < 1.29 is 9.53 Å². The van der Waals surface area contributed by atoms with Crippen LogP contribution in [0.2, 0.25) is 0 Å². The molecule has 5 nitrogen and oxygen atoms in total. The van der Waals surface area contributed by atoms with Gasteiger partial charge in [-0.05, 0) is 36.9 Å². The zero-order valence-corrected chi connectivity index (χ0v) is 18.7. The van der Waals surface area contributed by atoms with Gasteiger partial charge in [0.2, 0.25) is 0 Å². The highest BCUT2D eigenvalue weighted by molar-refractivity contribution is 7.17. The average Bonchev–Trinajstić information content (AvgIpc) is 3.13. The van der Waals surface area contributed by atoms with Gasteiger partial charge in [0, 0.05) is 20.1 Å². The Morgan fingerprint density at radius 2 is 1.83 bits per heavy atom. The molecule has 0 radical (unpaired) electrons. The van der Waals surface area contributed by atoms with Crippen LogP contribution in [0.5, 0.6) is 5.75 Å². The zero-order chi connectivity index (χ0) is 21.0. The summed E-state index contributed by atoms with van der Waals surface area (Å²) in [6.45, 7) is 9.74. The van der Waals surface area contributed by atoms with Crippen LogP contribution in [0, 0.1) is 6.92 Å². The van der Waals surface area contributed by atoms with Crippen molar-refractivity contribution in [1.82, 2.24) is 14.8 Å². The number of nitrogens with zero attached hydrogens (tertiary/aromatic N) is 3. The molecule has 0 atom stereocenters. The van der Waals surface area contributed by atoms with Crippen molar-refractivity contribution in [2.75, 3.05) is 40.3 Å². The van der Waals surface area contributed by atoms with E-state index in [0.29, 0.717) is 11.4 Å². The Bertz CT molecular complexity index is 995. The smallest absolute Gasteiger partial charge is 0.265 e. The number of aryl methyl sites for hydroxylation is 1. The lowest BCUT2D eigenvalue weighted by atomic mass is 10.0. The molecule has 6 heteroatoms. The monoisotopic (exact) mass is 411 g/mol. The van der Waals surface area contributed by atoms with Crippen LogP contribution >= 0.6 is 11.3 Å². The van der Waals surface area contributed by atoms with Crippen molar-refractivity contribution in [2.24, 2.45) is 0 Å². The van der Waals surface area contributed by atoms with E-state index in [0.717, 1.165) is 52.4 Å². The summed E-state index contributed by atoms with van der Waals surface area (Å²) < 4.78 is 5.62. The minimum atomic E-state index is 0.0256. The highest BCUT2D eigenvalue weighted by Crippen LogP contribution is 2.40. The minimum absolute atomic E-state index is 0.0256. The first-order valence-electron chi connectivity index (χ1n) is 10.0. The molecule has 0 spiro atoms.